The maximum atomic E-state index is 10.2. The van der Waals surface area contributed by atoms with Crippen molar-refractivity contribution in [3.63, 3.8) is 0 Å². The van der Waals surface area contributed by atoms with Crippen LogP contribution in [0.5, 0.6) is 5.75 Å². The summed E-state index contributed by atoms with van der Waals surface area (Å²) in [4.78, 5) is 8.44. The lowest BCUT2D eigenvalue weighted by Crippen LogP contribution is -2.49. The Bertz CT molecular complexity index is 984. The first-order valence-electron chi connectivity index (χ1n) is 10.7. The molecule has 1 saturated carbocycles. The van der Waals surface area contributed by atoms with Crippen molar-refractivity contribution >= 4 is 11.0 Å². The lowest BCUT2D eigenvalue weighted by Gasteiger charge is -2.41. The van der Waals surface area contributed by atoms with E-state index in [4.69, 9.17) is 0 Å². The third-order valence-electron chi connectivity index (χ3n) is 6.84. The van der Waals surface area contributed by atoms with Crippen molar-refractivity contribution in [2.24, 2.45) is 0 Å². The number of aromatic nitrogens is 3. The Kier molecular flexibility index (Phi) is 4.97. The second-order valence-corrected chi connectivity index (χ2v) is 8.60. The van der Waals surface area contributed by atoms with E-state index in [0.29, 0.717) is 5.92 Å². The number of H-pyrrole nitrogens is 1. The van der Waals surface area contributed by atoms with Crippen LogP contribution in [0.15, 0.2) is 36.5 Å². The van der Waals surface area contributed by atoms with Gasteiger partial charge in [-0.3, -0.25) is 4.90 Å². The molecule has 6 heteroatoms. The van der Waals surface area contributed by atoms with E-state index in [1.54, 1.807) is 6.07 Å². The smallest absolute Gasteiger partial charge is 0.160 e. The van der Waals surface area contributed by atoms with Crippen LogP contribution in [0.3, 0.4) is 0 Å². The van der Waals surface area contributed by atoms with E-state index < -0.39 is 0 Å². The highest BCUT2D eigenvalue weighted by Crippen LogP contribution is 2.39. The van der Waals surface area contributed by atoms with E-state index in [0.717, 1.165) is 28.3 Å². The Balaban J connectivity index is 1.35. The van der Waals surface area contributed by atoms with Gasteiger partial charge in [-0.2, -0.15) is 0 Å². The first-order chi connectivity index (χ1) is 14.2. The maximum Gasteiger partial charge on any atom is 0.160 e. The minimum atomic E-state index is 0.242. The first-order valence-corrected chi connectivity index (χ1v) is 10.7. The van der Waals surface area contributed by atoms with E-state index in [1.165, 1.54) is 57.4 Å². The van der Waals surface area contributed by atoms with Crippen LogP contribution < -0.4 is 0 Å². The number of nitrogens with zero attached hydrogens (tertiary/aromatic N) is 4. The fourth-order valence-corrected chi connectivity index (χ4v) is 5.04. The lowest BCUT2D eigenvalue weighted by molar-refractivity contribution is 0.0879. The number of hydrogen-bond acceptors (Lipinski definition) is 5. The number of para-hydroxylation sites is 1. The molecule has 3 aromatic rings. The van der Waals surface area contributed by atoms with Crippen molar-refractivity contribution in [3.05, 3.63) is 42.1 Å². The summed E-state index contributed by atoms with van der Waals surface area (Å²) in [6.45, 7) is 4.79. The van der Waals surface area contributed by atoms with Crippen LogP contribution >= 0.6 is 0 Å². The molecule has 0 spiro atoms. The van der Waals surface area contributed by atoms with E-state index >= 15 is 0 Å². The quantitative estimate of drug-likeness (QED) is 0.714. The predicted octanol–water partition coefficient (Wildman–Crippen LogP) is 3.60. The molecule has 6 nitrogen and oxygen atoms in total. The number of nitrogens with one attached hydrogen (secondary N) is 1. The van der Waals surface area contributed by atoms with Crippen LogP contribution in [0.1, 0.15) is 37.2 Å². The van der Waals surface area contributed by atoms with Gasteiger partial charge >= 0.3 is 0 Å². The fourth-order valence-electron chi connectivity index (χ4n) is 5.04. The summed E-state index contributed by atoms with van der Waals surface area (Å²) in [5, 5.41) is 20.0. The zero-order chi connectivity index (χ0) is 19.8. The average Bonchev–Trinajstić information content (AvgIpc) is 3.18. The van der Waals surface area contributed by atoms with Gasteiger partial charge in [-0.25, -0.2) is 0 Å². The molecule has 0 bridgehead atoms. The number of phenolic OH excluding ortho intramolecular Hbond substituents is 1. The summed E-state index contributed by atoms with van der Waals surface area (Å²) < 4.78 is 0. The highest BCUT2D eigenvalue weighted by Gasteiger charge is 2.29. The van der Waals surface area contributed by atoms with Gasteiger partial charge in [0.15, 0.2) is 5.65 Å². The number of rotatable bonds is 3. The molecule has 1 aromatic carbocycles. The van der Waals surface area contributed by atoms with Gasteiger partial charge in [-0.05, 0) is 62.4 Å². The molecule has 2 fully saturated rings. The van der Waals surface area contributed by atoms with Crippen LogP contribution in [-0.4, -0.2) is 69.4 Å². The van der Waals surface area contributed by atoms with Crippen LogP contribution in [0, 0.1) is 0 Å². The molecule has 1 aliphatic heterocycles. The van der Waals surface area contributed by atoms with Gasteiger partial charge in [0.25, 0.3) is 0 Å². The monoisotopic (exact) mass is 391 g/mol. The Morgan fingerprint density at radius 3 is 2.52 bits per heavy atom. The zero-order valence-electron chi connectivity index (χ0n) is 17.0. The van der Waals surface area contributed by atoms with Crippen molar-refractivity contribution < 1.29 is 5.11 Å². The van der Waals surface area contributed by atoms with Crippen LogP contribution in [0.2, 0.25) is 0 Å². The molecule has 29 heavy (non-hydrogen) atoms. The van der Waals surface area contributed by atoms with Crippen molar-refractivity contribution in [3.8, 4) is 17.0 Å². The molecule has 0 amide bonds. The molecule has 152 valence electrons. The summed E-state index contributed by atoms with van der Waals surface area (Å²) in [5.74, 6) is 0.805. The van der Waals surface area contributed by atoms with Crippen molar-refractivity contribution in [2.75, 3.05) is 33.2 Å². The number of aromatic hydroxyl groups is 1. The number of likely N-dealkylation sites (N-methyl/N-ethyl adjacent to an activating group) is 1. The summed E-state index contributed by atoms with van der Waals surface area (Å²) in [7, 11) is 2.22. The number of aromatic amines is 1. The van der Waals surface area contributed by atoms with Crippen molar-refractivity contribution in [1.29, 1.82) is 0 Å². The largest absolute Gasteiger partial charge is 0.507 e. The number of benzene rings is 1. The SMILES string of the molecule is CN1CCN(C2CCC(c3c[nH]c4nnc(-c5ccccc5O)cc34)CC2)CC1. The Labute approximate surface area is 171 Å². The fraction of sp³-hybridized carbons (Fsp3) is 0.478. The van der Waals surface area contributed by atoms with Crippen LogP contribution in [0.4, 0.5) is 0 Å². The van der Waals surface area contributed by atoms with E-state index in [-0.39, 0.29) is 5.75 Å². The van der Waals surface area contributed by atoms with E-state index in [9.17, 15) is 5.11 Å². The molecule has 1 aliphatic carbocycles. The predicted molar refractivity (Wildman–Crippen MR) is 115 cm³/mol. The molecular weight excluding hydrogens is 362 g/mol. The van der Waals surface area contributed by atoms with Crippen molar-refractivity contribution in [2.45, 2.75) is 37.6 Å². The number of fused-ring (bicyclic) bond motifs is 1. The van der Waals surface area contributed by atoms with Gasteiger partial charge in [-0.1, -0.05) is 12.1 Å². The van der Waals surface area contributed by atoms with Crippen molar-refractivity contribution in [1.82, 2.24) is 25.0 Å². The Morgan fingerprint density at radius 2 is 1.76 bits per heavy atom. The maximum absolute atomic E-state index is 10.2. The topological polar surface area (TPSA) is 68.3 Å². The van der Waals surface area contributed by atoms with Gasteiger partial charge in [0.2, 0.25) is 0 Å². The number of piperazine rings is 1. The molecule has 1 saturated heterocycles. The molecule has 2 N–H and O–H groups in total. The van der Waals surface area contributed by atoms with Crippen LogP contribution in [-0.2, 0) is 0 Å². The summed E-state index contributed by atoms with van der Waals surface area (Å²) in [6.07, 6.45) is 7.10. The number of hydrogen-bond donors (Lipinski definition) is 2. The van der Waals surface area contributed by atoms with Gasteiger partial charge in [-0.15, -0.1) is 10.2 Å². The molecule has 5 rings (SSSR count). The molecular formula is C23H29N5O. The van der Waals surface area contributed by atoms with E-state index in [1.807, 2.05) is 18.2 Å². The Morgan fingerprint density at radius 1 is 1.00 bits per heavy atom. The van der Waals surface area contributed by atoms with Gasteiger partial charge in [0, 0.05) is 49.4 Å². The zero-order valence-corrected chi connectivity index (χ0v) is 17.0. The highest BCUT2D eigenvalue weighted by molar-refractivity contribution is 5.84. The lowest BCUT2D eigenvalue weighted by atomic mass is 9.81. The van der Waals surface area contributed by atoms with E-state index in [2.05, 4.69) is 44.3 Å². The second-order valence-electron chi connectivity index (χ2n) is 8.60. The Hall–Kier alpha value is -2.44. The minimum absolute atomic E-state index is 0.242. The van der Waals surface area contributed by atoms with Gasteiger partial charge in [0.05, 0.1) is 5.69 Å². The third kappa shape index (κ3) is 3.63. The minimum Gasteiger partial charge on any atom is -0.507 e. The van der Waals surface area contributed by atoms with Gasteiger partial charge < -0.3 is 15.0 Å². The molecule has 0 radical (unpaired) electrons. The summed E-state index contributed by atoms with van der Waals surface area (Å²) in [5.41, 5.74) is 3.64. The number of phenols is 1. The third-order valence-corrected chi connectivity index (χ3v) is 6.84. The second kappa shape index (κ2) is 7.76. The first kappa shape index (κ1) is 18.6. The molecule has 0 unspecified atom stereocenters. The molecule has 0 atom stereocenters. The normalized spacial score (nSPS) is 24.2. The molecule has 3 heterocycles. The summed E-state index contributed by atoms with van der Waals surface area (Å²) in [6, 6.07) is 10.1. The molecule has 2 aliphatic rings. The standard InChI is InChI=1S/C23H29N5O/c1-27-10-12-28(13-11-27)17-8-6-16(7-9-17)20-15-24-23-19(20)14-21(25-26-23)18-4-2-3-5-22(18)29/h2-5,14-17,29H,6-13H2,1H3,(H,24,26). The van der Waals surface area contributed by atoms with Gasteiger partial charge in [0.1, 0.15) is 5.75 Å². The van der Waals surface area contributed by atoms with Crippen LogP contribution in [0.25, 0.3) is 22.3 Å². The highest BCUT2D eigenvalue weighted by atomic mass is 16.3. The molecule has 2 aromatic heterocycles. The average molecular weight is 392 g/mol. The summed E-state index contributed by atoms with van der Waals surface area (Å²) >= 11 is 0.